The van der Waals surface area contributed by atoms with Gasteiger partial charge in [0.2, 0.25) is 0 Å². The van der Waals surface area contributed by atoms with Crippen LogP contribution in [-0.2, 0) is 16.1 Å². The molecule has 0 amide bonds. The average molecular weight is 425 g/mol. The van der Waals surface area contributed by atoms with E-state index in [-0.39, 0.29) is 36.1 Å². The molecule has 0 aromatic carbocycles. The molecular weight excluding hydrogens is 396 g/mol. The van der Waals surface area contributed by atoms with Gasteiger partial charge >= 0.3 is 5.97 Å². The van der Waals surface area contributed by atoms with Crippen molar-refractivity contribution >= 4 is 11.8 Å². The molecule has 0 saturated carbocycles. The van der Waals surface area contributed by atoms with Crippen LogP contribution in [0.3, 0.4) is 0 Å². The Kier molecular flexibility index (Phi) is 5.09. The fourth-order valence-electron chi connectivity index (χ4n) is 5.22. The molecule has 8 heteroatoms. The van der Waals surface area contributed by atoms with Crippen LogP contribution >= 0.6 is 0 Å². The highest BCUT2D eigenvalue weighted by molar-refractivity contribution is 5.66. The van der Waals surface area contributed by atoms with Gasteiger partial charge in [0.25, 0.3) is 0 Å². The molecule has 2 aliphatic carbocycles. The van der Waals surface area contributed by atoms with Crippen LogP contribution in [0.4, 0.5) is 5.82 Å². The van der Waals surface area contributed by atoms with E-state index in [1.807, 2.05) is 18.2 Å². The average Bonchev–Trinajstić information content (AvgIpc) is 3.45. The van der Waals surface area contributed by atoms with Gasteiger partial charge in [-0.3, -0.25) is 14.3 Å². The van der Waals surface area contributed by atoms with Crippen molar-refractivity contribution in [2.24, 2.45) is 0 Å². The summed E-state index contributed by atoms with van der Waals surface area (Å²) in [6.07, 6.45) is 6.45. The van der Waals surface area contributed by atoms with Gasteiger partial charge in [0.15, 0.2) is 11.8 Å². The van der Waals surface area contributed by atoms with E-state index in [9.17, 15) is 15.0 Å². The molecule has 2 aromatic heterocycles. The molecule has 2 aromatic rings. The molecule has 31 heavy (non-hydrogen) atoms. The van der Waals surface area contributed by atoms with E-state index in [1.54, 1.807) is 6.20 Å². The van der Waals surface area contributed by atoms with Gasteiger partial charge in [0, 0.05) is 68.8 Å². The van der Waals surface area contributed by atoms with E-state index in [0.717, 1.165) is 49.5 Å². The number of aromatic hydroxyl groups is 2. The van der Waals surface area contributed by atoms with Gasteiger partial charge < -0.3 is 19.8 Å². The smallest absolute Gasteiger partial charge is 0.303 e. The van der Waals surface area contributed by atoms with Crippen molar-refractivity contribution in [2.45, 2.75) is 37.8 Å². The van der Waals surface area contributed by atoms with Crippen LogP contribution in [0.25, 0.3) is 0 Å². The minimum absolute atomic E-state index is 0.0986. The lowest BCUT2D eigenvalue weighted by molar-refractivity contribution is -0.148. The predicted molar refractivity (Wildman–Crippen MR) is 115 cm³/mol. The molecule has 2 bridgehead atoms. The molecule has 1 saturated heterocycles. The van der Waals surface area contributed by atoms with Gasteiger partial charge in [0.1, 0.15) is 11.9 Å². The minimum atomic E-state index is -0.464. The van der Waals surface area contributed by atoms with Gasteiger partial charge in [-0.25, -0.2) is 4.98 Å². The number of hydrogen-bond acceptors (Lipinski definition) is 7. The minimum Gasteiger partial charge on any atom is -0.494 e. The van der Waals surface area contributed by atoms with E-state index in [0.29, 0.717) is 6.54 Å². The van der Waals surface area contributed by atoms with Crippen LogP contribution in [0.1, 0.15) is 36.3 Å². The summed E-state index contributed by atoms with van der Waals surface area (Å²) >= 11 is 0. The van der Waals surface area contributed by atoms with Crippen LogP contribution in [0.5, 0.6) is 11.8 Å². The Morgan fingerprint density at radius 1 is 1.10 bits per heavy atom. The summed E-state index contributed by atoms with van der Waals surface area (Å²) in [5.74, 6) is 1.14. The Morgan fingerprint density at radius 2 is 1.77 bits per heavy atom. The quantitative estimate of drug-likeness (QED) is 0.543. The summed E-state index contributed by atoms with van der Waals surface area (Å²) in [5, 5.41) is 21.6. The summed E-state index contributed by atoms with van der Waals surface area (Å²) in [7, 11) is 0. The fourth-order valence-corrected chi connectivity index (χ4v) is 5.22. The van der Waals surface area contributed by atoms with Crippen LogP contribution < -0.4 is 4.90 Å². The number of fused-ring (bicyclic) bond motifs is 5. The molecule has 164 valence electrons. The summed E-state index contributed by atoms with van der Waals surface area (Å²) < 4.78 is 7.09. The van der Waals surface area contributed by atoms with Gasteiger partial charge in [-0.05, 0) is 18.6 Å². The molecule has 1 aliphatic heterocycles. The number of nitrogens with zero attached hydrogens (tertiary/aromatic N) is 4. The van der Waals surface area contributed by atoms with E-state index in [1.165, 1.54) is 11.5 Å². The highest BCUT2D eigenvalue weighted by Gasteiger charge is 2.41. The number of aromatic nitrogens is 2. The lowest BCUT2D eigenvalue weighted by Gasteiger charge is -2.36. The summed E-state index contributed by atoms with van der Waals surface area (Å²) in [5.41, 5.74) is 1.66. The number of pyridine rings is 1. The van der Waals surface area contributed by atoms with Gasteiger partial charge in [-0.15, -0.1) is 0 Å². The van der Waals surface area contributed by atoms with Crippen molar-refractivity contribution in [3.05, 3.63) is 47.7 Å². The van der Waals surface area contributed by atoms with Crippen LogP contribution in [0.2, 0.25) is 0 Å². The highest BCUT2D eigenvalue weighted by atomic mass is 16.5. The maximum absolute atomic E-state index is 11.7. The lowest BCUT2D eigenvalue weighted by Crippen LogP contribution is -2.49. The van der Waals surface area contributed by atoms with Gasteiger partial charge in [0.05, 0.1) is 6.54 Å². The second-order valence-electron chi connectivity index (χ2n) is 8.63. The third-order valence-corrected chi connectivity index (χ3v) is 6.63. The summed E-state index contributed by atoms with van der Waals surface area (Å²) in [6, 6.07) is 5.91. The largest absolute Gasteiger partial charge is 0.494 e. The van der Waals surface area contributed by atoms with Crippen molar-refractivity contribution in [1.29, 1.82) is 0 Å². The number of piperazine rings is 1. The van der Waals surface area contributed by atoms with Gasteiger partial charge in [-0.2, -0.15) is 0 Å². The molecule has 3 heterocycles. The summed E-state index contributed by atoms with van der Waals surface area (Å²) in [4.78, 5) is 20.7. The maximum atomic E-state index is 11.7. The number of anilines is 1. The SMILES string of the molecule is CC(=O)OC(CN1CCN(c2ccccn2)CC1)Cn1c(O)c2c(c1O)C1C=CC2C1. The Labute approximate surface area is 181 Å². The molecule has 3 atom stereocenters. The monoisotopic (exact) mass is 424 g/mol. The molecule has 3 aliphatic rings. The fraction of sp³-hybridized carbons (Fsp3) is 0.478. The van der Waals surface area contributed by atoms with E-state index < -0.39 is 6.10 Å². The zero-order valence-corrected chi connectivity index (χ0v) is 17.6. The van der Waals surface area contributed by atoms with Crippen LogP contribution in [0.15, 0.2) is 36.5 Å². The zero-order chi connectivity index (χ0) is 21.5. The number of carbonyl (C=O) groups excluding carboxylic acids is 1. The number of allylic oxidation sites excluding steroid dienone is 2. The Bertz CT molecular complexity index is 959. The molecule has 0 radical (unpaired) electrons. The standard InChI is InChI=1S/C23H28N4O4/c1-15(28)31-18(13-25-8-10-26(11-9-25)19-4-2-3-7-24-19)14-27-22(29)20-16-5-6-17(12-16)21(20)23(27)30/h2-7,16-18,29-30H,8-14H2,1H3. The first-order chi connectivity index (χ1) is 15.0. The Balaban J connectivity index is 1.27. The van der Waals surface area contributed by atoms with Crippen LogP contribution in [-0.4, -0.2) is 69.5 Å². The van der Waals surface area contributed by atoms with Crippen molar-refractivity contribution in [3.8, 4) is 11.8 Å². The first kappa shape index (κ1) is 19.9. The number of hydrogen-bond donors (Lipinski definition) is 2. The van der Waals surface area contributed by atoms with Crippen molar-refractivity contribution < 1.29 is 19.7 Å². The molecule has 2 N–H and O–H groups in total. The van der Waals surface area contributed by atoms with Crippen LogP contribution in [0, 0.1) is 0 Å². The second-order valence-corrected chi connectivity index (χ2v) is 8.63. The van der Waals surface area contributed by atoms with E-state index >= 15 is 0 Å². The molecule has 3 unspecified atom stereocenters. The third-order valence-electron chi connectivity index (χ3n) is 6.63. The molecule has 1 fully saturated rings. The first-order valence-electron chi connectivity index (χ1n) is 10.9. The molecule has 8 nitrogen and oxygen atoms in total. The number of rotatable bonds is 6. The normalized spacial score (nSPS) is 23.2. The van der Waals surface area contributed by atoms with Crippen molar-refractivity contribution in [3.63, 3.8) is 0 Å². The highest BCUT2D eigenvalue weighted by Crippen LogP contribution is 2.56. The number of ether oxygens (including phenoxy) is 1. The maximum Gasteiger partial charge on any atom is 0.303 e. The molecule has 0 spiro atoms. The molecule has 5 rings (SSSR count). The van der Waals surface area contributed by atoms with E-state index in [2.05, 4.69) is 26.9 Å². The topological polar surface area (TPSA) is 91.1 Å². The molecular formula is C23H28N4O4. The number of carbonyl (C=O) groups is 1. The number of esters is 1. The summed E-state index contributed by atoms with van der Waals surface area (Å²) in [6.45, 7) is 5.49. The van der Waals surface area contributed by atoms with Crippen molar-refractivity contribution in [1.82, 2.24) is 14.5 Å². The lowest BCUT2D eigenvalue weighted by atomic mass is 10.0. The van der Waals surface area contributed by atoms with Gasteiger partial charge in [-0.1, -0.05) is 18.2 Å². The Hall–Kier alpha value is -3.00. The zero-order valence-electron chi connectivity index (χ0n) is 17.6. The van der Waals surface area contributed by atoms with Crippen molar-refractivity contribution in [2.75, 3.05) is 37.6 Å². The van der Waals surface area contributed by atoms with E-state index in [4.69, 9.17) is 4.74 Å². The predicted octanol–water partition coefficient (Wildman–Crippen LogP) is 2.19. The second kappa shape index (κ2) is 7.92. The third kappa shape index (κ3) is 3.65. The Morgan fingerprint density at radius 3 is 2.35 bits per heavy atom. The first-order valence-corrected chi connectivity index (χ1v) is 10.9.